The summed E-state index contributed by atoms with van der Waals surface area (Å²) in [5.41, 5.74) is 1.81. The summed E-state index contributed by atoms with van der Waals surface area (Å²) >= 11 is 0. The minimum Gasteiger partial charge on any atom is -0.497 e. The molecule has 1 aliphatic heterocycles. The zero-order valence-electron chi connectivity index (χ0n) is 20.9. The number of nitrogens with one attached hydrogen (secondary N) is 1. The maximum absolute atomic E-state index is 13.4. The first kappa shape index (κ1) is 25.0. The molecule has 2 aliphatic rings. The molecule has 1 saturated heterocycles. The molecular weight excluding hydrogens is 442 g/mol. The molecule has 1 saturated carbocycles. The van der Waals surface area contributed by atoms with Gasteiger partial charge >= 0.3 is 0 Å². The lowest BCUT2D eigenvalue weighted by molar-refractivity contribution is -0.129. The van der Waals surface area contributed by atoms with Crippen molar-refractivity contribution in [2.24, 2.45) is 5.92 Å². The van der Waals surface area contributed by atoms with E-state index in [9.17, 15) is 9.59 Å². The molecule has 2 aromatic rings. The summed E-state index contributed by atoms with van der Waals surface area (Å²) in [5.74, 6) is 2.05. The number of methoxy groups -OCH3 is 2. The molecule has 2 fully saturated rings. The van der Waals surface area contributed by atoms with Crippen LogP contribution in [0.25, 0.3) is 0 Å². The first-order valence-corrected chi connectivity index (χ1v) is 12.7. The summed E-state index contributed by atoms with van der Waals surface area (Å²) in [5, 5.41) is 3.20. The van der Waals surface area contributed by atoms with E-state index < -0.39 is 0 Å². The highest BCUT2D eigenvalue weighted by atomic mass is 16.5. The number of hydrogen-bond acceptors (Lipinski definition) is 5. The van der Waals surface area contributed by atoms with Crippen LogP contribution in [0, 0.1) is 5.92 Å². The maximum atomic E-state index is 13.4. The van der Waals surface area contributed by atoms with Gasteiger partial charge in [0.25, 0.3) is 5.91 Å². The molecule has 0 spiro atoms. The molecule has 4 rings (SSSR count). The molecule has 1 N–H and O–H groups in total. The van der Waals surface area contributed by atoms with Crippen LogP contribution in [-0.2, 0) is 11.2 Å². The normalized spacial score (nSPS) is 17.7. The fraction of sp³-hybridized carbons (Fsp3) is 0.500. The van der Waals surface area contributed by atoms with E-state index in [0.29, 0.717) is 50.0 Å². The van der Waals surface area contributed by atoms with Crippen LogP contribution < -0.4 is 14.8 Å². The van der Waals surface area contributed by atoms with Crippen LogP contribution in [0.5, 0.6) is 11.5 Å². The molecule has 1 heterocycles. The van der Waals surface area contributed by atoms with E-state index in [-0.39, 0.29) is 17.9 Å². The minimum atomic E-state index is -0.123. The fourth-order valence-corrected chi connectivity index (χ4v) is 5.32. The first-order valence-electron chi connectivity index (χ1n) is 12.7. The van der Waals surface area contributed by atoms with Gasteiger partial charge in [-0.15, -0.1) is 0 Å². The highest BCUT2D eigenvalue weighted by molar-refractivity contribution is 5.94. The van der Waals surface area contributed by atoms with Gasteiger partial charge in [0.15, 0.2) is 0 Å². The smallest absolute Gasteiger partial charge is 0.254 e. The number of hydrogen-bond donors (Lipinski definition) is 1. The van der Waals surface area contributed by atoms with Crippen molar-refractivity contribution in [2.45, 2.75) is 38.1 Å². The molecule has 7 nitrogen and oxygen atoms in total. The van der Waals surface area contributed by atoms with E-state index in [4.69, 9.17) is 9.47 Å². The van der Waals surface area contributed by atoms with E-state index in [2.05, 4.69) is 10.2 Å². The number of amides is 2. The summed E-state index contributed by atoms with van der Waals surface area (Å²) in [6.07, 6.45) is 5.36. The second-order valence-electron chi connectivity index (χ2n) is 9.44. The molecule has 0 aromatic heterocycles. The van der Waals surface area contributed by atoms with Crippen molar-refractivity contribution in [1.82, 2.24) is 15.1 Å². The molecule has 1 atom stereocenters. The van der Waals surface area contributed by atoms with Crippen molar-refractivity contribution in [3.8, 4) is 11.5 Å². The summed E-state index contributed by atoms with van der Waals surface area (Å²) in [6.45, 7) is 3.28. The number of benzene rings is 2. The van der Waals surface area contributed by atoms with Gasteiger partial charge in [-0.25, -0.2) is 0 Å². The predicted molar refractivity (Wildman–Crippen MR) is 136 cm³/mol. The average Bonchev–Trinajstić information content (AvgIpc) is 3.43. The maximum Gasteiger partial charge on any atom is 0.254 e. The Bertz CT molecular complexity index is 980. The summed E-state index contributed by atoms with van der Waals surface area (Å²) < 4.78 is 10.5. The minimum absolute atomic E-state index is 0.0184. The van der Waals surface area contributed by atoms with Crippen molar-refractivity contribution < 1.29 is 19.1 Å². The lowest BCUT2D eigenvalue weighted by atomic mass is 9.94. The Morgan fingerprint density at radius 2 is 1.63 bits per heavy atom. The zero-order chi connectivity index (χ0) is 24.6. The molecular formula is C28H37N3O4. The second-order valence-corrected chi connectivity index (χ2v) is 9.44. The molecule has 2 aromatic carbocycles. The van der Waals surface area contributed by atoms with Crippen LogP contribution in [0.3, 0.4) is 0 Å². The van der Waals surface area contributed by atoms with E-state index in [0.717, 1.165) is 25.0 Å². The monoisotopic (exact) mass is 479 g/mol. The quantitative estimate of drug-likeness (QED) is 0.597. The van der Waals surface area contributed by atoms with Crippen molar-refractivity contribution in [3.63, 3.8) is 0 Å². The summed E-state index contributed by atoms with van der Waals surface area (Å²) in [7, 11) is 3.26. The molecule has 0 radical (unpaired) electrons. The number of piperazine rings is 1. The van der Waals surface area contributed by atoms with Gasteiger partial charge in [-0.05, 0) is 61.1 Å². The average molecular weight is 480 g/mol. The van der Waals surface area contributed by atoms with Gasteiger partial charge in [0.1, 0.15) is 11.5 Å². The molecule has 188 valence electrons. The Morgan fingerprint density at radius 1 is 0.943 bits per heavy atom. The Hall–Kier alpha value is -3.06. The Kier molecular flexibility index (Phi) is 8.64. The summed E-state index contributed by atoms with van der Waals surface area (Å²) in [4.78, 5) is 30.6. The third-order valence-electron chi connectivity index (χ3n) is 7.30. The van der Waals surface area contributed by atoms with E-state index in [1.165, 1.54) is 18.4 Å². The third kappa shape index (κ3) is 6.34. The largest absolute Gasteiger partial charge is 0.497 e. The van der Waals surface area contributed by atoms with E-state index in [1.54, 1.807) is 20.3 Å². The fourth-order valence-electron chi connectivity index (χ4n) is 5.32. The van der Waals surface area contributed by atoms with Crippen LogP contribution in [0.4, 0.5) is 0 Å². The first-order chi connectivity index (χ1) is 17.1. The lowest BCUT2D eigenvalue weighted by Crippen LogP contribution is -2.58. The molecule has 2 amide bonds. The van der Waals surface area contributed by atoms with Crippen LogP contribution >= 0.6 is 0 Å². The van der Waals surface area contributed by atoms with Crippen LogP contribution in [0.15, 0.2) is 48.5 Å². The predicted octanol–water partition coefficient (Wildman–Crippen LogP) is 3.38. The number of ether oxygens (including phenoxy) is 2. The topological polar surface area (TPSA) is 71.1 Å². The number of carbonyl (C=O) groups is 2. The lowest BCUT2D eigenvalue weighted by Gasteiger charge is -2.40. The van der Waals surface area contributed by atoms with Crippen molar-refractivity contribution in [2.75, 3.05) is 46.9 Å². The number of carbonyl (C=O) groups excluding carboxylic acids is 2. The Morgan fingerprint density at radius 3 is 2.29 bits per heavy atom. The SMILES string of the molecule is COc1ccc(CCNC(=O)[C@H](C2CCCC2)N2CCN(C(=O)c3cccc(OC)c3)CC2)cc1. The van der Waals surface area contributed by atoms with Crippen molar-refractivity contribution >= 4 is 11.8 Å². The third-order valence-corrected chi connectivity index (χ3v) is 7.30. The van der Waals surface area contributed by atoms with Gasteiger partial charge in [-0.1, -0.05) is 31.0 Å². The Balaban J connectivity index is 1.33. The van der Waals surface area contributed by atoms with Gasteiger partial charge in [-0.2, -0.15) is 0 Å². The second kappa shape index (κ2) is 12.1. The number of nitrogens with zero attached hydrogens (tertiary/aromatic N) is 2. The standard InChI is InChI=1S/C28H37N3O4/c1-34-24-12-10-21(11-13-24)14-15-29-27(32)26(22-6-3-4-7-22)30-16-18-31(19-17-30)28(33)23-8-5-9-25(20-23)35-2/h5,8-13,20,22,26H,3-4,6-7,14-19H2,1-2H3,(H,29,32)/t26-/m0/s1. The van der Waals surface area contributed by atoms with Crippen molar-refractivity contribution in [3.05, 3.63) is 59.7 Å². The molecule has 1 aliphatic carbocycles. The van der Waals surface area contributed by atoms with E-state index in [1.807, 2.05) is 47.4 Å². The van der Waals surface area contributed by atoms with Crippen LogP contribution in [0.1, 0.15) is 41.6 Å². The van der Waals surface area contributed by atoms with Gasteiger partial charge in [-0.3, -0.25) is 14.5 Å². The van der Waals surface area contributed by atoms with Gasteiger partial charge in [0.05, 0.1) is 20.3 Å². The summed E-state index contributed by atoms with van der Waals surface area (Å²) in [6, 6.07) is 15.2. The number of rotatable bonds is 9. The van der Waals surface area contributed by atoms with E-state index >= 15 is 0 Å². The highest BCUT2D eigenvalue weighted by Gasteiger charge is 2.37. The van der Waals surface area contributed by atoms with Gasteiger partial charge < -0.3 is 19.7 Å². The molecule has 0 bridgehead atoms. The molecule has 35 heavy (non-hydrogen) atoms. The van der Waals surface area contributed by atoms with Gasteiger partial charge in [0, 0.05) is 38.3 Å². The molecule has 7 heteroatoms. The zero-order valence-corrected chi connectivity index (χ0v) is 20.9. The van der Waals surface area contributed by atoms with Gasteiger partial charge in [0.2, 0.25) is 5.91 Å². The molecule has 0 unspecified atom stereocenters. The van der Waals surface area contributed by atoms with Crippen LogP contribution in [0.2, 0.25) is 0 Å². The van der Waals surface area contributed by atoms with Crippen LogP contribution in [-0.4, -0.2) is 74.6 Å². The Labute approximate surface area is 208 Å². The van der Waals surface area contributed by atoms with Crippen molar-refractivity contribution in [1.29, 1.82) is 0 Å². The highest BCUT2D eigenvalue weighted by Crippen LogP contribution is 2.31.